The molecule has 0 aliphatic carbocycles. The summed E-state index contributed by atoms with van der Waals surface area (Å²) in [6.45, 7) is 0. The summed E-state index contributed by atoms with van der Waals surface area (Å²) in [5, 5.41) is 8.61. The Morgan fingerprint density at radius 1 is 1.53 bits per heavy atom. The van der Waals surface area contributed by atoms with Gasteiger partial charge in [-0.1, -0.05) is 0 Å². The van der Waals surface area contributed by atoms with E-state index in [0.29, 0.717) is 11.7 Å². The molecule has 2 rings (SSSR count). The highest BCUT2D eigenvalue weighted by atomic mass is 32.2. The van der Waals surface area contributed by atoms with E-state index in [0.717, 1.165) is 11.6 Å². The van der Waals surface area contributed by atoms with Gasteiger partial charge in [0.15, 0.2) is 5.69 Å². The van der Waals surface area contributed by atoms with Crippen molar-refractivity contribution in [3.8, 4) is 6.07 Å². The maximum Gasteiger partial charge on any atom is 0.158 e. The van der Waals surface area contributed by atoms with Gasteiger partial charge in [-0.05, 0) is 12.2 Å². The van der Waals surface area contributed by atoms with Crippen LogP contribution in [0.5, 0.6) is 0 Å². The zero-order valence-electron chi connectivity index (χ0n) is 8.55. The number of anilines is 1. The third kappa shape index (κ3) is 2.21. The Morgan fingerprint density at radius 3 is 2.93 bits per heavy atom. The van der Waals surface area contributed by atoms with Gasteiger partial charge in [0.25, 0.3) is 0 Å². The van der Waals surface area contributed by atoms with Gasteiger partial charge in [0.05, 0.1) is 12.4 Å². The molecular formula is C10H12N4S. The average molecular weight is 220 g/mol. The Hall–Kier alpha value is -1.28. The second kappa shape index (κ2) is 4.49. The Bertz CT molecular complexity index is 364. The smallest absolute Gasteiger partial charge is 0.158 e. The zero-order chi connectivity index (χ0) is 10.7. The highest BCUT2D eigenvalue weighted by Crippen LogP contribution is 2.24. The first-order valence-electron chi connectivity index (χ1n) is 4.84. The lowest BCUT2D eigenvalue weighted by Crippen LogP contribution is -2.32. The number of nitrogens with zero attached hydrogens (tertiary/aromatic N) is 4. The molecule has 1 atom stereocenters. The lowest BCUT2D eigenvalue weighted by molar-refractivity contribution is 0.690. The minimum absolute atomic E-state index is 0.368. The largest absolute Gasteiger partial charge is 0.355 e. The van der Waals surface area contributed by atoms with Gasteiger partial charge >= 0.3 is 0 Å². The van der Waals surface area contributed by atoms with Crippen molar-refractivity contribution >= 4 is 17.6 Å². The van der Waals surface area contributed by atoms with Gasteiger partial charge in [-0.25, -0.2) is 9.97 Å². The van der Waals surface area contributed by atoms with Gasteiger partial charge in [0, 0.05) is 18.8 Å². The molecule has 0 radical (unpaired) electrons. The fourth-order valence-corrected chi connectivity index (χ4v) is 2.84. The maximum atomic E-state index is 8.61. The van der Waals surface area contributed by atoms with Crippen molar-refractivity contribution in [3.63, 3.8) is 0 Å². The SMILES string of the molecule is CN(c1cnc(C#N)cn1)C1CCSC1. The minimum Gasteiger partial charge on any atom is -0.355 e. The summed E-state index contributed by atoms with van der Waals surface area (Å²) in [6, 6.07) is 2.52. The molecule has 1 fully saturated rings. The molecule has 2 heterocycles. The van der Waals surface area contributed by atoms with Crippen molar-refractivity contribution in [2.24, 2.45) is 0 Å². The molecule has 15 heavy (non-hydrogen) atoms. The lowest BCUT2D eigenvalue weighted by Gasteiger charge is -2.24. The molecule has 0 aromatic carbocycles. The molecule has 78 valence electrons. The van der Waals surface area contributed by atoms with Crippen LogP contribution >= 0.6 is 11.8 Å². The van der Waals surface area contributed by atoms with Crippen LogP contribution in [0.1, 0.15) is 12.1 Å². The topological polar surface area (TPSA) is 52.8 Å². The zero-order valence-corrected chi connectivity index (χ0v) is 9.37. The van der Waals surface area contributed by atoms with Crippen LogP contribution in [0.15, 0.2) is 12.4 Å². The van der Waals surface area contributed by atoms with E-state index in [1.165, 1.54) is 18.4 Å². The number of aromatic nitrogens is 2. The van der Waals surface area contributed by atoms with Gasteiger partial charge in [-0.3, -0.25) is 0 Å². The first kappa shape index (κ1) is 10.2. The molecule has 0 N–H and O–H groups in total. The summed E-state index contributed by atoms with van der Waals surface area (Å²) in [6.07, 6.45) is 4.39. The highest BCUT2D eigenvalue weighted by Gasteiger charge is 2.21. The maximum absolute atomic E-state index is 8.61. The summed E-state index contributed by atoms with van der Waals surface area (Å²) in [5.74, 6) is 3.22. The van der Waals surface area contributed by atoms with Gasteiger partial charge in [0.2, 0.25) is 0 Å². The first-order chi connectivity index (χ1) is 7.31. The fourth-order valence-electron chi connectivity index (χ4n) is 1.58. The van der Waals surface area contributed by atoms with E-state index in [4.69, 9.17) is 5.26 Å². The number of hydrogen-bond acceptors (Lipinski definition) is 5. The van der Waals surface area contributed by atoms with Crippen LogP contribution in [0.2, 0.25) is 0 Å². The minimum atomic E-state index is 0.368. The fraction of sp³-hybridized carbons (Fsp3) is 0.500. The van der Waals surface area contributed by atoms with Crippen LogP contribution in [0.3, 0.4) is 0 Å². The summed E-state index contributed by atoms with van der Waals surface area (Å²) >= 11 is 1.97. The predicted octanol–water partition coefficient (Wildman–Crippen LogP) is 1.29. The number of nitriles is 1. The van der Waals surface area contributed by atoms with Crippen molar-refractivity contribution in [2.75, 3.05) is 23.5 Å². The monoisotopic (exact) mass is 220 g/mol. The molecule has 0 spiro atoms. The molecule has 1 aliphatic heterocycles. The van der Waals surface area contributed by atoms with Crippen LogP contribution in [-0.4, -0.2) is 34.6 Å². The average Bonchev–Trinajstić information content (AvgIpc) is 2.82. The third-order valence-electron chi connectivity index (χ3n) is 2.57. The van der Waals surface area contributed by atoms with E-state index in [1.54, 1.807) is 6.20 Å². The molecule has 1 aromatic heterocycles. The highest BCUT2D eigenvalue weighted by molar-refractivity contribution is 7.99. The van der Waals surface area contributed by atoms with Crippen molar-refractivity contribution in [1.29, 1.82) is 5.26 Å². The van der Waals surface area contributed by atoms with Crippen LogP contribution in [-0.2, 0) is 0 Å². The van der Waals surface area contributed by atoms with Crippen molar-refractivity contribution in [2.45, 2.75) is 12.5 Å². The van der Waals surface area contributed by atoms with E-state index >= 15 is 0 Å². The second-order valence-corrected chi connectivity index (χ2v) is 4.65. The van der Waals surface area contributed by atoms with Crippen molar-refractivity contribution < 1.29 is 0 Å². The molecule has 0 amide bonds. The Balaban J connectivity index is 2.11. The third-order valence-corrected chi connectivity index (χ3v) is 3.71. The summed E-state index contributed by atoms with van der Waals surface area (Å²) in [4.78, 5) is 10.4. The van der Waals surface area contributed by atoms with Crippen LogP contribution < -0.4 is 4.90 Å². The molecule has 1 aromatic rings. The van der Waals surface area contributed by atoms with Crippen molar-refractivity contribution in [3.05, 3.63) is 18.1 Å². The molecular weight excluding hydrogens is 208 g/mol. The predicted molar refractivity (Wildman–Crippen MR) is 60.9 cm³/mol. The molecule has 1 aliphatic rings. The number of thioether (sulfide) groups is 1. The molecule has 1 saturated heterocycles. The molecule has 0 saturated carbocycles. The Kier molecular flexibility index (Phi) is 3.07. The number of rotatable bonds is 2. The van der Waals surface area contributed by atoms with Crippen LogP contribution in [0.4, 0.5) is 5.82 Å². The standard InChI is InChI=1S/C10H12N4S/c1-14(9-2-3-15-7-9)10-6-12-8(4-11)5-13-10/h5-6,9H,2-3,7H2,1H3. The van der Waals surface area contributed by atoms with E-state index < -0.39 is 0 Å². The van der Waals surface area contributed by atoms with E-state index in [-0.39, 0.29) is 0 Å². The van der Waals surface area contributed by atoms with Crippen molar-refractivity contribution in [1.82, 2.24) is 9.97 Å². The van der Waals surface area contributed by atoms with Gasteiger partial charge in [0.1, 0.15) is 11.9 Å². The van der Waals surface area contributed by atoms with E-state index in [1.807, 2.05) is 24.9 Å². The molecule has 0 bridgehead atoms. The summed E-state index contributed by atoms with van der Waals surface area (Å²) in [7, 11) is 2.03. The second-order valence-electron chi connectivity index (χ2n) is 3.50. The Morgan fingerprint density at radius 2 is 2.40 bits per heavy atom. The normalized spacial score (nSPS) is 19.9. The van der Waals surface area contributed by atoms with Gasteiger partial charge in [-0.2, -0.15) is 17.0 Å². The molecule has 5 heteroatoms. The molecule has 4 nitrogen and oxygen atoms in total. The first-order valence-corrected chi connectivity index (χ1v) is 5.99. The number of hydrogen-bond donors (Lipinski definition) is 0. The quantitative estimate of drug-likeness (QED) is 0.751. The summed E-state index contributed by atoms with van der Waals surface area (Å²) < 4.78 is 0. The van der Waals surface area contributed by atoms with E-state index in [2.05, 4.69) is 14.9 Å². The van der Waals surface area contributed by atoms with E-state index in [9.17, 15) is 0 Å². The molecule has 1 unspecified atom stereocenters. The van der Waals surface area contributed by atoms with Gasteiger partial charge < -0.3 is 4.90 Å². The van der Waals surface area contributed by atoms with Crippen LogP contribution in [0, 0.1) is 11.3 Å². The van der Waals surface area contributed by atoms with Gasteiger partial charge in [-0.15, -0.1) is 0 Å². The Labute approximate surface area is 93.3 Å². The lowest BCUT2D eigenvalue weighted by atomic mass is 10.2. The van der Waals surface area contributed by atoms with Crippen LogP contribution in [0.25, 0.3) is 0 Å². The summed E-state index contributed by atoms with van der Waals surface area (Å²) in [5.41, 5.74) is 0.368.